The van der Waals surface area contributed by atoms with Crippen molar-refractivity contribution in [2.24, 2.45) is 12.0 Å². The van der Waals surface area contributed by atoms with Crippen LogP contribution in [0.25, 0.3) is 0 Å². The Morgan fingerprint density at radius 2 is 1.83 bits per heavy atom. The molecule has 0 saturated carbocycles. The molecule has 1 heterocycles. The SMILES string of the molecule is CCNC(=NCc1ccc(F)cc1C(F)(F)F)NCc1c(CC)nn(C)c1CC.I. The lowest BCUT2D eigenvalue weighted by Gasteiger charge is -2.14. The van der Waals surface area contributed by atoms with Crippen LogP contribution in [0.4, 0.5) is 17.6 Å². The van der Waals surface area contributed by atoms with Crippen LogP contribution in [0.15, 0.2) is 23.2 Å². The predicted octanol–water partition coefficient (Wildman–Crippen LogP) is 4.58. The van der Waals surface area contributed by atoms with Gasteiger partial charge in [-0.3, -0.25) is 4.68 Å². The molecule has 168 valence electrons. The first-order valence-corrected chi connectivity index (χ1v) is 9.62. The highest BCUT2D eigenvalue weighted by Gasteiger charge is 2.33. The summed E-state index contributed by atoms with van der Waals surface area (Å²) in [7, 11) is 1.90. The Hall–Kier alpha value is -1.85. The van der Waals surface area contributed by atoms with E-state index in [1.165, 1.54) is 0 Å². The van der Waals surface area contributed by atoms with Gasteiger partial charge in [0.2, 0.25) is 0 Å². The second-order valence-electron chi connectivity index (χ2n) is 6.55. The third-order valence-electron chi connectivity index (χ3n) is 4.59. The van der Waals surface area contributed by atoms with Crippen molar-refractivity contribution in [3.05, 3.63) is 52.1 Å². The first-order valence-electron chi connectivity index (χ1n) is 9.62. The number of rotatable bonds is 7. The number of aliphatic imine (C=N–C) groups is 1. The van der Waals surface area contributed by atoms with Crippen molar-refractivity contribution in [1.29, 1.82) is 0 Å². The Balaban J connectivity index is 0.00000450. The van der Waals surface area contributed by atoms with Crippen LogP contribution in [0, 0.1) is 5.82 Å². The van der Waals surface area contributed by atoms with Gasteiger partial charge < -0.3 is 10.6 Å². The minimum atomic E-state index is -4.64. The number of hydrogen-bond donors (Lipinski definition) is 2. The van der Waals surface area contributed by atoms with E-state index in [-0.39, 0.29) is 36.1 Å². The zero-order chi connectivity index (χ0) is 21.6. The maximum atomic E-state index is 13.3. The van der Waals surface area contributed by atoms with Crippen LogP contribution in [0.1, 0.15) is 48.8 Å². The van der Waals surface area contributed by atoms with Crippen molar-refractivity contribution in [3.63, 3.8) is 0 Å². The van der Waals surface area contributed by atoms with Gasteiger partial charge >= 0.3 is 6.18 Å². The number of guanidine groups is 1. The Bertz CT molecular complexity index is 862. The Kier molecular flexibility index (Phi) is 10.1. The third kappa shape index (κ3) is 6.58. The van der Waals surface area contributed by atoms with Gasteiger partial charge in [0, 0.05) is 31.4 Å². The van der Waals surface area contributed by atoms with E-state index in [0.29, 0.717) is 25.1 Å². The number of aromatic nitrogens is 2. The molecule has 0 fully saturated rings. The standard InChI is InChI=1S/C20H27F4N5.HI/c1-5-17-15(18(6-2)29(4)28-17)12-27-19(25-7-3)26-11-13-8-9-14(21)10-16(13)20(22,23)24;/h8-10H,5-7,11-12H2,1-4H3,(H2,25,26,27);1H. The zero-order valence-corrected chi connectivity index (χ0v) is 19.9. The van der Waals surface area contributed by atoms with Crippen molar-refractivity contribution in [3.8, 4) is 0 Å². The second-order valence-corrected chi connectivity index (χ2v) is 6.55. The summed E-state index contributed by atoms with van der Waals surface area (Å²) in [6.07, 6.45) is -3.04. The van der Waals surface area contributed by atoms with Crippen molar-refractivity contribution >= 4 is 29.9 Å². The number of aryl methyl sites for hydroxylation is 2. The molecule has 0 atom stereocenters. The van der Waals surface area contributed by atoms with E-state index in [4.69, 9.17) is 0 Å². The highest BCUT2D eigenvalue weighted by molar-refractivity contribution is 14.0. The molecule has 0 unspecified atom stereocenters. The number of benzene rings is 1. The first kappa shape index (κ1) is 26.2. The first-order chi connectivity index (χ1) is 13.7. The molecule has 10 heteroatoms. The molecule has 1 aromatic carbocycles. The minimum Gasteiger partial charge on any atom is -0.357 e. The largest absolute Gasteiger partial charge is 0.416 e. The molecule has 30 heavy (non-hydrogen) atoms. The summed E-state index contributed by atoms with van der Waals surface area (Å²) in [5.41, 5.74) is 2.06. The van der Waals surface area contributed by atoms with Crippen LogP contribution in [0.3, 0.4) is 0 Å². The molecule has 0 saturated heterocycles. The van der Waals surface area contributed by atoms with Crippen molar-refractivity contribution in [2.45, 2.75) is 52.9 Å². The summed E-state index contributed by atoms with van der Waals surface area (Å²) in [6.45, 7) is 6.73. The lowest BCUT2D eigenvalue weighted by Crippen LogP contribution is -2.37. The molecule has 5 nitrogen and oxygen atoms in total. The van der Waals surface area contributed by atoms with Crippen LogP contribution in [-0.4, -0.2) is 22.3 Å². The average molecular weight is 541 g/mol. The van der Waals surface area contributed by atoms with E-state index in [1.807, 2.05) is 32.5 Å². The molecule has 0 amide bonds. The monoisotopic (exact) mass is 541 g/mol. The number of alkyl halides is 3. The van der Waals surface area contributed by atoms with E-state index in [2.05, 4.69) is 20.7 Å². The third-order valence-corrected chi connectivity index (χ3v) is 4.59. The van der Waals surface area contributed by atoms with Crippen LogP contribution in [0.2, 0.25) is 0 Å². The van der Waals surface area contributed by atoms with Gasteiger partial charge in [0.1, 0.15) is 5.82 Å². The molecule has 0 bridgehead atoms. The Morgan fingerprint density at radius 1 is 1.13 bits per heavy atom. The smallest absolute Gasteiger partial charge is 0.357 e. The molecule has 1 aromatic heterocycles. The highest BCUT2D eigenvalue weighted by atomic mass is 127. The van der Waals surface area contributed by atoms with E-state index >= 15 is 0 Å². The van der Waals surface area contributed by atoms with E-state index in [9.17, 15) is 17.6 Å². The maximum Gasteiger partial charge on any atom is 0.416 e. The van der Waals surface area contributed by atoms with Crippen molar-refractivity contribution in [1.82, 2.24) is 20.4 Å². The van der Waals surface area contributed by atoms with Gasteiger partial charge in [-0.15, -0.1) is 24.0 Å². The molecule has 0 aliphatic heterocycles. The molecule has 0 aliphatic rings. The number of hydrogen-bond acceptors (Lipinski definition) is 2. The van der Waals surface area contributed by atoms with Gasteiger partial charge in [0.05, 0.1) is 17.8 Å². The van der Waals surface area contributed by atoms with Crippen LogP contribution in [-0.2, 0) is 39.2 Å². The fourth-order valence-electron chi connectivity index (χ4n) is 3.22. The van der Waals surface area contributed by atoms with Gasteiger partial charge in [0.15, 0.2) is 5.96 Å². The van der Waals surface area contributed by atoms with Crippen molar-refractivity contribution in [2.75, 3.05) is 6.54 Å². The number of nitrogens with zero attached hydrogens (tertiary/aromatic N) is 3. The second kappa shape index (κ2) is 11.5. The molecule has 2 N–H and O–H groups in total. The van der Waals surface area contributed by atoms with Gasteiger partial charge in [-0.2, -0.15) is 18.3 Å². The summed E-state index contributed by atoms with van der Waals surface area (Å²) >= 11 is 0. The highest BCUT2D eigenvalue weighted by Crippen LogP contribution is 2.32. The fourth-order valence-corrected chi connectivity index (χ4v) is 3.22. The summed E-state index contributed by atoms with van der Waals surface area (Å²) < 4.78 is 54.7. The molecule has 2 rings (SSSR count). The summed E-state index contributed by atoms with van der Waals surface area (Å²) in [6, 6.07) is 2.63. The lowest BCUT2D eigenvalue weighted by atomic mass is 10.1. The topological polar surface area (TPSA) is 54.2 Å². The van der Waals surface area contributed by atoms with Crippen molar-refractivity contribution < 1.29 is 17.6 Å². The molecule has 0 aliphatic carbocycles. The number of halogens is 5. The maximum absolute atomic E-state index is 13.3. The minimum absolute atomic E-state index is 0. The molecular formula is C20H28F4IN5. The van der Waals surface area contributed by atoms with Crippen LogP contribution >= 0.6 is 24.0 Å². The normalized spacial score (nSPS) is 11.9. The quantitative estimate of drug-likeness (QED) is 0.234. The Morgan fingerprint density at radius 3 is 2.40 bits per heavy atom. The van der Waals surface area contributed by atoms with Gasteiger partial charge in [-0.1, -0.05) is 19.9 Å². The van der Waals surface area contributed by atoms with E-state index in [0.717, 1.165) is 41.9 Å². The predicted molar refractivity (Wildman–Crippen MR) is 120 cm³/mol. The van der Waals surface area contributed by atoms with Gasteiger partial charge in [-0.25, -0.2) is 9.38 Å². The van der Waals surface area contributed by atoms with Crippen LogP contribution < -0.4 is 10.6 Å². The van der Waals surface area contributed by atoms with E-state index in [1.54, 1.807) is 0 Å². The van der Waals surface area contributed by atoms with E-state index < -0.39 is 17.6 Å². The average Bonchev–Trinajstić information content (AvgIpc) is 2.98. The summed E-state index contributed by atoms with van der Waals surface area (Å²) in [4.78, 5) is 4.27. The summed E-state index contributed by atoms with van der Waals surface area (Å²) in [5.74, 6) is -0.538. The number of nitrogens with one attached hydrogen (secondary N) is 2. The summed E-state index contributed by atoms with van der Waals surface area (Å²) in [5, 5.41) is 10.7. The van der Waals surface area contributed by atoms with Gasteiger partial charge in [-0.05, 0) is 37.5 Å². The molecular weight excluding hydrogens is 513 g/mol. The fraction of sp³-hybridized carbons (Fsp3) is 0.500. The lowest BCUT2D eigenvalue weighted by molar-refractivity contribution is -0.138. The van der Waals surface area contributed by atoms with Gasteiger partial charge in [0.25, 0.3) is 0 Å². The van der Waals surface area contributed by atoms with Crippen LogP contribution in [0.5, 0.6) is 0 Å². The molecule has 0 spiro atoms. The Labute approximate surface area is 191 Å². The zero-order valence-electron chi connectivity index (χ0n) is 17.5. The molecule has 0 radical (unpaired) electrons. The molecule has 2 aromatic rings.